The van der Waals surface area contributed by atoms with Gasteiger partial charge in [-0.15, -0.1) is 0 Å². The molecule has 0 fully saturated rings. The number of aromatic nitrogens is 1. The lowest BCUT2D eigenvalue weighted by atomic mass is 10.00. The van der Waals surface area contributed by atoms with Crippen molar-refractivity contribution >= 4 is 34.6 Å². The van der Waals surface area contributed by atoms with Gasteiger partial charge >= 0.3 is 5.97 Å². The van der Waals surface area contributed by atoms with Gasteiger partial charge in [0.1, 0.15) is 11.3 Å². The number of hydrogen-bond donors (Lipinski definition) is 0. The Bertz CT molecular complexity index is 1090. The lowest BCUT2D eigenvalue weighted by Crippen LogP contribution is -2.21. The maximum Gasteiger partial charge on any atom is 0.317 e. The van der Waals surface area contributed by atoms with Crippen LogP contribution in [0.2, 0.25) is 0 Å². The van der Waals surface area contributed by atoms with Gasteiger partial charge < -0.3 is 9.15 Å². The molecule has 0 aliphatic carbocycles. The van der Waals surface area contributed by atoms with Crippen LogP contribution in [0.3, 0.4) is 0 Å². The topological polar surface area (TPSA) is 69.4 Å². The number of esters is 1. The van der Waals surface area contributed by atoms with E-state index in [1.54, 1.807) is 36.4 Å². The van der Waals surface area contributed by atoms with Crippen molar-refractivity contribution in [1.82, 2.24) is 4.98 Å². The Labute approximate surface area is 171 Å². The van der Waals surface area contributed by atoms with E-state index in [9.17, 15) is 9.59 Å². The zero-order valence-corrected chi connectivity index (χ0v) is 16.2. The Balaban J connectivity index is 1.48. The Hall–Kier alpha value is -3.38. The molecular weight excluding hydrogens is 386 g/mol. The highest BCUT2D eigenvalue weighted by molar-refractivity contribution is 7.99. The second kappa shape index (κ2) is 8.75. The number of fused-ring (bicyclic) bond motifs is 1. The lowest BCUT2D eigenvalue weighted by Gasteiger charge is -2.17. The number of nitrogens with zero attached hydrogens (tertiary/aromatic N) is 1. The quantitative estimate of drug-likeness (QED) is 0.243. The summed E-state index contributed by atoms with van der Waals surface area (Å²) in [5.41, 5.74) is 2.50. The van der Waals surface area contributed by atoms with Crippen LogP contribution in [-0.4, -0.2) is 22.5 Å². The molecule has 0 amide bonds. The van der Waals surface area contributed by atoms with Crippen LogP contribution in [-0.2, 0) is 9.53 Å². The van der Waals surface area contributed by atoms with E-state index in [-0.39, 0.29) is 11.5 Å². The van der Waals surface area contributed by atoms with Crippen molar-refractivity contribution < 1.29 is 18.7 Å². The molecule has 0 saturated carbocycles. The molecule has 0 saturated heterocycles. The van der Waals surface area contributed by atoms with E-state index in [2.05, 4.69) is 4.98 Å². The second-order valence-electron chi connectivity index (χ2n) is 6.25. The first-order valence-electron chi connectivity index (χ1n) is 9.03. The maximum atomic E-state index is 13.0. The molecule has 0 N–H and O–H groups in total. The maximum absolute atomic E-state index is 13.0. The lowest BCUT2D eigenvalue weighted by molar-refractivity contribution is -0.144. The van der Waals surface area contributed by atoms with Crippen LogP contribution in [0.5, 0.6) is 0 Å². The summed E-state index contributed by atoms with van der Waals surface area (Å²) in [5.74, 6) is -0.800. The van der Waals surface area contributed by atoms with E-state index in [4.69, 9.17) is 9.15 Å². The SMILES string of the molecule is O=C(CSc1nc2ccccc2o1)O[C@H](C(=O)c1ccccc1)c1ccccc1. The normalized spacial score (nSPS) is 11.9. The monoisotopic (exact) mass is 403 g/mol. The van der Waals surface area contributed by atoms with Crippen molar-refractivity contribution in [2.45, 2.75) is 11.3 Å². The minimum Gasteiger partial charge on any atom is -0.448 e. The summed E-state index contributed by atoms with van der Waals surface area (Å²) in [7, 11) is 0. The molecule has 4 aromatic rings. The number of ketones is 1. The van der Waals surface area contributed by atoms with Crippen LogP contribution in [0.25, 0.3) is 11.1 Å². The number of ether oxygens (including phenoxy) is 1. The number of Topliss-reactive ketones (excluding diaryl/α,β-unsaturated/α-hetero) is 1. The van der Waals surface area contributed by atoms with Gasteiger partial charge in [0.15, 0.2) is 11.7 Å². The van der Waals surface area contributed by atoms with Crippen LogP contribution in [0.15, 0.2) is 94.6 Å². The summed E-state index contributed by atoms with van der Waals surface area (Å²) in [4.78, 5) is 29.8. The van der Waals surface area contributed by atoms with Crippen LogP contribution in [0.1, 0.15) is 22.0 Å². The summed E-state index contributed by atoms with van der Waals surface area (Å²) in [5, 5.41) is 0.383. The number of para-hydroxylation sites is 2. The Morgan fingerprint density at radius 2 is 1.55 bits per heavy atom. The molecule has 29 heavy (non-hydrogen) atoms. The predicted molar refractivity (Wildman–Crippen MR) is 111 cm³/mol. The minimum absolute atomic E-state index is 0.0156. The number of thioether (sulfide) groups is 1. The molecule has 0 bridgehead atoms. The molecule has 5 nitrogen and oxygen atoms in total. The molecule has 3 aromatic carbocycles. The molecular formula is C23H17NO4S. The van der Waals surface area contributed by atoms with Gasteiger partial charge in [-0.25, -0.2) is 4.98 Å². The largest absolute Gasteiger partial charge is 0.448 e. The fraction of sp³-hybridized carbons (Fsp3) is 0.0870. The highest BCUT2D eigenvalue weighted by Gasteiger charge is 2.26. The van der Waals surface area contributed by atoms with E-state index in [1.807, 2.05) is 48.5 Å². The van der Waals surface area contributed by atoms with Gasteiger partial charge in [0, 0.05) is 11.1 Å². The Morgan fingerprint density at radius 1 is 0.897 bits per heavy atom. The average molecular weight is 403 g/mol. The third kappa shape index (κ3) is 4.55. The molecule has 1 heterocycles. The molecule has 144 valence electrons. The fourth-order valence-corrected chi connectivity index (χ4v) is 3.47. The highest BCUT2D eigenvalue weighted by atomic mass is 32.2. The van der Waals surface area contributed by atoms with Crippen molar-refractivity contribution in [1.29, 1.82) is 0 Å². The number of benzene rings is 3. The van der Waals surface area contributed by atoms with Crippen molar-refractivity contribution in [3.05, 3.63) is 96.1 Å². The summed E-state index contributed by atoms with van der Waals surface area (Å²) < 4.78 is 11.2. The van der Waals surface area contributed by atoms with E-state index >= 15 is 0 Å². The van der Waals surface area contributed by atoms with Gasteiger partial charge in [-0.1, -0.05) is 84.6 Å². The van der Waals surface area contributed by atoms with E-state index in [1.165, 1.54) is 0 Å². The smallest absolute Gasteiger partial charge is 0.317 e. The van der Waals surface area contributed by atoms with E-state index < -0.39 is 12.1 Å². The number of carbonyl (C=O) groups is 2. The van der Waals surface area contributed by atoms with Gasteiger partial charge in [0.05, 0.1) is 0 Å². The van der Waals surface area contributed by atoms with E-state index in [0.717, 1.165) is 17.3 Å². The highest BCUT2D eigenvalue weighted by Crippen LogP contribution is 2.26. The average Bonchev–Trinajstić information content (AvgIpc) is 3.20. The molecule has 0 spiro atoms. The number of oxazole rings is 1. The van der Waals surface area contributed by atoms with Gasteiger partial charge in [-0.05, 0) is 12.1 Å². The molecule has 0 aliphatic heterocycles. The summed E-state index contributed by atoms with van der Waals surface area (Å²) in [6.07, 6.45) is -1.00. The van der Waals surface area contributed by atoms with Crippen LogP contribution in [0, 0.1) is 0 Å². The molecule has 4 rings (SSSR count). The summed E-state index contributed by atoms with van der Waals surface area (Å²) >= 11 is 1.14. The third-order valence-electron chi connectivity index (χ3n) is 4.24. The molecule has 0 unspecified atom stereocenters. The van der Waals surface area contributed by atoms with Gasteiger partial charge in [-0.3, -0.25) is 9.59 Å². The second-order valence-corrected chi connectivity index (χ2v) is 7.17. The minimum atomic E-state index is -1.00. The molecule has 1 aromatic heterocycles. The zero-order valence-electron chi connectivity index (χ0n) is 15.4. The van der Waals surface area contributed by atoms with E-state index in [0.29, 0.717) is 21.9 Å². The van der Waals surface area contributed by atoms with Gasteiger partial charge in [0.25, 0.3) is 5.22 Å². The standard InChI is InChI=1S/C23H17NO4S/c25-20(15-29-23-24-18-13-7-8-14-19(18)27-23)28-22(17-11-5-2-6-12-17)21(26)16-9-3-1-4-10-16/h1-14,22H,15H2/t22-/m0/s1. The molecule has 6 heteroatoms. The van der Waals surface area contributed by atoms with Crippen molar-refractivity contribution in [2.75, 3.05) is 5.75 Å². The first-order valence-corrected chi connectivity index (χ1v) is 10.0. The van der Waals surface area contributed by atoms with Crippen molar-refractivity contribution in [3.8, 4) is 0 Å². The summed E-state index contributed by atoms with van der Waals surface area (Å²) in [6.45, 7) is 0. The number of carbonyl (C=O) groups excluding carboxylic acids is 2. The molecule has 0 radical (unpaired) electrons. The van der Waals surface area contributed by atoms with Crippen molar-refractivity contribution in [2.24, 2.45) is 0 Å². The van der Waals surface area contributed by atoms with Crippen LogP contribution >= 0.6 is 11.8 Å². The van der Waals surface area contributed by atoms with Crippen LogP contribution in [0.4, 0.5) is 0 Å². The molecule has 0 aliphatic rings. The first-order chi connectivity index (χ1) is 14.2. The first kappa shape index (κ1) is 19.0. The summed E-state index contributed by atoms with van der Waals surface area (Å²) in [6, 6.07) is 25.2. The predicted octanol–water partition coefficient (Wildman–Crippen LogP) is 5.09. The zero-order chi connectivity index (χ0) is 20.1. The Morgan fingerprint density at radius 3 is 2.28 bits per heavy atom. The number of hydrogen-bond acceptors (Lipinski definition) is 6. The number of rotatable bonds is 7. The van der Waals surface area contributed by atoms with Crippen molar-refractivity contribution in [3.63, 3.8) is 0 Å². The van der Waals surface area contributed by atoms with Gasteiger partial charge in [-0.2, -0.15) is 0 Å². The third-order valence-corrected chi connectivity index (χ3v) is 5.04. The molecule has 1 atom stereocenters. The van der Waals surface area contributed by atoms with Gasteiger partial charge in [0.2, 0.25) is 5.78 Å². The fourth-order valence-electron chi connectivity index (χ4n) is 2.85. The Kier molecular flexibility index (Phi) is 5.72. The van der Waals surface area contributed by atoms with Crippen LogP contribution < -0.4 is 0 Å².